The van der Waals surface area contributed by atoms with E-state index in [9.17, 15) is 4.39 Å². The maximum Gasteiger partial charge on any atom is 0.264 e. The molecule has 6 heteroatoms. The van der Waals surface area contributed by atoms with Gasteiger partial charge in [0.1, 0.15) is 11.6 Å². The van der Waals surface area contributed by atoms with Gasteiger partial charge in [-0.05, 0) is 30.5 Å². The molecular weight excluding hydrogens is 251 g/mol. The van der Waals surface area contributed by atoms with E-state index in [1.165, 1.54) is 12.1 Å². The van der Waals surface area contributed by atoms with E-state index in [0.29, 0.717) is 28.9 Å². The number of nitrogens with zero attached hydrogens (tertiary/aromatic N) is 2. The van der Waals surface area contributed by atoms with E-state index in [1.807, 2.05) is 0 Å². The van der Waals surface area contributed by atoms with Crippen molar-refractivity contribution in [1.82, 2.24) is 10.1 Å². The second-order valence-electron chi connectivity index (χ2n) is 4.56. The minimum absolute atomic E-state index is 0.0913. The van der Waals surface area contributed by atoms with Gasteiger partial charge in [-0.25, -0.2) is 4.39 Å². The molecule has 1 N–H and O–H groups in total. The third-order valence-corrected chi connectivity index (χ3v) is 2.90. The van der Waals surface area contributed by atoms with Crippen molar-refractivity contribution >= 4 is 0 Å². The van der Waals surface area contributed by atoms with Crippen LogP contribution in [-0.2, 0) is 13.2 Å². The van der Waals surface area contributed by atoms with Gasteiger partial charge in [-0.1, -0.05) is 5.16 Å². The molecule has 0 bridgehead atoms. The summed E-state index contributed by atoms with van der Waals surface area (Å²) in [6.45, 7) is -0.144. The van der Waals surface area contributed by atoms with Crippen LogP contribution in [0, 0.1) is 5.82 Å². The molecule has 0 amide bonds. The number of aromatic nitrogens is 2. The van der Waals surface area contributed by atoms with Gasteiger partial charge >= 0.3 is 0 Å². The molecule has 0 spiro atoms. The normalized spacial score (nSPS) is 14.6. The molecule has 1 aromatic carbocycles. The molecular formula is C13H13FN2O3. The van der Waals surface area contributed by atoms with E-state index in [2.05, 4.69) is 10.1 Å². The van der Waals surface area contributed by atoms with Crippen molar-refractivity contribution in [3.8, 4) is 5.75 Å². The first-order valence-electron chi connectivity index (χ1n) is 6.10. The van der Waals surface area contributed by atoms with E-state index in [0.717, 1.165) is 12.8 Å². The second kappa shape index (κ2) is 4.97. The van der Waals surface area contributed by atoms with Crippen molar-refractivity contribution in [2.45, 2.75) is 32.0 Å². The van der Waals surface area contributed by atoms with Crippen LogP contribution in [0.1, 0.15) is 36.0 Å². The van der Waals surface area contributed by atoms with Gasteiger partial charge in [-0.2, -0.15) is 4.98 Å². The summed E-state index contributed by atoms with van der Waals surface area (Å²) in [5.74, 6) is 1.39. The Morgan fingerprint density at radius 1 is 1.37 bits per heavy atom. The fourth-order valence-electron chi connectivity index (χ4n) is 1.77. The zero-order valence-corrected chi connectivity index (χ0v) is 10.2. The molecule has 1 fully saturated rings. The monoisotopic (exact) mass is 264 g/mol. The molecule has 1 aliphatic rings. The first-order chi connectivity index (χ1) is 9.24. The average molecular weight is 264 g/mol. The van der Waals surface area contributed by atoms with Gasteiger partial charge in [0, 0.05) is 12.0 Å². The van der Waals surface area contributed by atoms with Crippen LogP contribution >= 0.6 is 0 Å². The fraction of sp³-hybridized carbons (Fsp3) is 0.385. The van der Waals surface area contributed by atoms with Gasteiger partial charge in [0.25, 0.3) is 5.89 Å². The number of halogens is 1. The highest BCUT2D eigenvalue weighted by atomic mass is 19.1. The Balaban J connectivity index is 1.65. The quantitative estimate of drug-likeness (QED) is 0.896. The summed E-state index contributed by atoms with van der Waals surface area (Å²) in [7, 11) is 0. The Hall–Kier alpha value is -1.95. The summed E-state index contributed by atoms with van der Waals surface area (Å²) in [6, 6.07) is 4.07. The lowest BCUT2D eigenvalue weighted by molar-refractivity contribution is 0.240. The van der Waals surface area contributed by atoms with Crippen LogP contribution < -0.4 is 4.74 Å². The summed E-state index contributed by atoms with van der Waals surface area (Å²) in [5.41, 5.74) is 0.458. The number of ether oxygens (including phenoxy) is 1. The van der Waals surface area contributed by atoms with E-state index in [1.54, 1.807) is 6.07 Å². The van der Waals surface area contributed by atoms with Crippen molar-refractivity contribution in [1.29, 1.82) is 0 Å². The van der Waals surface area contributed by atoms with Crippen molar-refractivity contribution in [3.05, 3.63) is 41.3 Å². The number of aliphatic hydroxyl groups is 1. The molecule has 3 rings (SSSR count). The topological polar surface area (TPSA) is 68.4 Å². The molecule has 19 heavy (non-hydrogen) atoms. The van der Waals surface area contributed by atoms with Crippen molar-refractivity contribution in [2.75, 3.05) is 0 Å². The van der Waals surface area contributed by atoms with Crippen LogP contribution in [0.5, 0.6) is 5.75 Å². The summed E-state index contributed by atoms with van der Waals surface area (Å²) in [6.07, 6.45) is 2.20. The van der Waals surface area contributed by atoms with E-state index >= 15 is 0 Å². The highest BCUT2D eigenvalue weighted by Crippen LogP contribution is 2.38. The molecule has 0 saturated heterocycles. The van der Waals surface area contributed by atoms with Crippen molar-refractivity contribution in [2.24, 2.45) is 0 Å². The molecule has 5 nitrogen and oxygen atoms in total. The van der Waals surface area contributed by atoms with Gasteiger partial charge in [-0.3, -0.25) is 0 Å². The van der Waals surface area contributed by atoms with Gasteiger partial charge < -0.3 is 14.4 Å². The molecule has 1 aliphatic carbocycles. The van der Waals surface area contributed by atoms with Crippen molar-refractivity contribution < 1.29 is 18.8 Å². The molecule has 1 heterocycles. The lowest BCUT2D eigenvalue weighted by Crippen LogP contribution is -1.97. The first-order valence-corrected chi connectivity index (χ1v) is 6.10. The van der Waals surface area contributed by atoms with Crippen LogP contribution in [0.25, 0.3) is 0 Å². The third-order valence-electron chi connectivity index (χ3n) is 2.90. The van der Waals surface area contributed by atoms with Crippen LogP contribution in [0.15, 0.2) is 22.7 Å². The summed E-state index contributed by atoms with van der Waals surface area (Å²) >= 11 is 0. The summed E-state index contributed by atoms with van der Waals surface area (Å²) in [4.78, 5) is 4.21. The lowest BCUT2D eigenvalue weighted by Gasteiger charge is -2.05. The highest BCUT2D eigenvalue weighted by molar-refractivity contribution is 5.29. The fourth-order valence-corrected chi connectivity index (χ4v) is 1.77. The predicted octanol–water partition coefficient (Wildman–Crippen LogP) is 2.16. The smallest absolute Gasteiger partial charge is 0.264 e. The van der Waals surface area contributed by atoms with Gasteiger partial charge in [-0.15, -0.1) is 0 Å². The minimum Gasteiger partial charge on any atom is -0.484 e. The molecule has 0 aliphatic heterocycles. The van der Waals surface area contributed by atoms with E-state index in [4.69, 9.17) is 14.4 Å². The zero-order chi connectivity index (χ0) is 13.2. The van der Waals surface area contributed by atoms with Crippen LogP contribution in [0.2, 0.25) is 0 Å². The van der Waals surface area contributed by atoms with Crippen LogP contribution in [0.3, 0.4) is 0 Å². The number of rotatable bonds is 5. The Kier molecular flexibility index (Phi) is 3.16. The largest absolute Gasteiger partial charge is 0.484 e. The van der Waals surface area contributed by atoms with Gasteiger partial charge in [0.05, 0.1) is 6.61 Å². The molecule has 1 aromatic heterocycles. The van der Waals surface area contributed by atoms with Crippen molar-refractivity contribution in [3.63, 3.8) is 0 Å². The number of benzene rings is 1. The number of hydrogen-bond donors (Lipinski definition) is 1. The van der Waals surface area contributed by atoms with Gasteiger partial charge in [0.2, 0.25) is 0 Å². The Labute approximate surface area is 109 Å². The Morgan fingerprint density at radius 3 is 2.95 bits per heavy atom. The molecule has 0 atom stereocenters. The average Bonchev–Trinajstić information content (AvgIpc) is 3.15. The zero-order valence-electron chi connectivity index (χ0n) is 10.2. The molecule has 0 radical (unpaired) electrons. The lowest BCUT2D eigenvalue weighted by atomic mass is 10.2. The number of hydrogen-bond acceptors (Lipinski definition) is 5. The highest BCUT2D eigenvalue weighted by Gasteiger charge is 2.28. The number of aliphatic hydroxyl groups excluding tert-OH is 1. The summed E-state index contributed by atoms with van der Waals surface area (Å²) < 4.78 is 23.6. The van der Waals surface area contributed by atoms with Crippen LogP contribution in [0.4, 0.5) is 4.39 Å². The van der Waals surface area contributed by atoms with E-state index in [-0.39, 0.29) is 13.2 Å². The second-order valence-corrected chi connectivity index (χ2v) is 4.56. The molecule has 100 valence electrons. The molecule has 1 saturated carbocycles. The van der Waals surface area contributed by atoms with Crippen LogP contribution in [-0.4, -0.2) is 15.2 Å². The molecule has 0 unspecified atom stereocenters. The molecule has 2 aromatic rings. The SMILES string of the molecule is OCc1cc(F)cc(OCc2nc(C3CC3)no2)c1. The Morgan fingerprint density at radius 2 is 2.21 bits per heavy atom. The van der Waals surface area contributed by atoms with E-state index < -0.39 is 5.82 Å². The van der Waals surface area contributed by atoms with Gasteiger partial charge in [0.15, 0.2) is 12.4 Å². The minimum atomic E-state index is -0.453. The first kappa shape index (κ1) is 12.1. The predicted molar refractivity (Wildman–Crippen MR) is 62.9 cm³/mol. The maximum atomic E-state index is 13.2. The standard InChI is InChI=1S/C13H13FN2O3/c14-10-3-8(6-17)4-11(5-10)18-7-12-15-13(16-19-12)9-1-2-9/h3-5,9,17H,1-2,6-7H2. The third kappa shape index (κ3) is 2.90. The summed E-state index contributed by atoms with van der Waals surface area (Å²) in [5, 5.41) is 12.8. The maximum absolute atomic E-state index is 13.2. The Bertz CT molecular complexity index is 581.